The van der Waals surface area contributed by atoms with Crippen molar-refractivity contribution >= 4 is 17.5 Å². The van der Waals surface area contributed by atoms with Gasteiger partial charge in [-0.05, 0) is 55.1 Å². The molecule has 1 fully saturated rings. The van der Waals surface area contributed by atoms with Crippen molar-refractivity contribution in [2.45, 2.75) is 31.5 Å². The number of nitrogens with one attached hydrogen (secondary N) is 1. The molecule has 0 bridgehead atoms. The molecular weight excluding hydrogens is 421 g/mol. The molecule has 1 amide bonds. The van der Waals surface area contributed by atoms with Crippen molar-refractivity contribution < 1.29 is 23.2 Å². The molecule has 1 aliphatic rings. The first-order valence-corrected chi connectivity index (χ1v) is 10.4. The Morgan fingerprint density at radius 2 is 2.00 bits per heavy atom. The van der Waals surface area contributed by atoms with Crippen LogP contribution < -0.4 is 5.48 Å². The van der Waals surface area contributed by atoms with E-state index in [0.29, 0.717) is 12.1 Å². The molecule has 0 saturated carbocycles. The summed E-state index contributed by atoms with van der Waals surface area (Å²) in [6.45, 7) is 1.33. The molecular formula is C23H23F3N4O2. The van der Waals surface area contributed by atoms with Crippen molar-refractivity contribution in [1.82, 2.24) is 20.0 Å². The summed E-state index contributed by atoms with van der Waals surface area (Å²) in [4.78, 5) is 13.3. The van der Waals surface area contributed by atoms with E-state index in [-0.39, 0.29) is 18.0 Å². The van der Waals surface area contributed by atoms with Crippen LogP contribution in [-0.2, 0) is 17.4 Å². The molecule has 0 spiro atoms. The summed E-state index contributed by atoms with van der Waals surface area (Å²) in [5.74, 6) is -0.609. The van der Waals surface area contributed by atoms with Gasteiger partial charge in [0.25, 0.3) is 5.91 Å². The van der Waals surface area contributed by atoms with Crippen molar-refractivity contribution in [1.29, 1.82) is 0 Å². The number of benzene rings is 1. The number of rotatable bonds is 6. The second kappa shape index (κ2) is 9.13. The summed E-state index contributed by atoms with van der Waals surface area (Å²) in [7, 11) is 0. The number of pyridine rings is 1. The van der Waals surface area contributed by atoms with Gasteiger partial charge in [0.05, 0.1) is 5.52 Å². The number of aromatic nitrogens is 2. The molecule has 9 heteroatoms. The van der Waals surface area contributed by atoms with Gasteiger partial charge in [-0.15, -0.1) is 0 Å². The van der Waals surface area contributed by atoms with E-state index in [1.54, 1.807) is 24.3 Å². The molecule has 1 saturated heterocycles. The molecule has 1 aliphatic heterocycles. The number of fused-ring (bicyclic) bond motifs is 1. The number of hydrogen-bond acceptors (Lipinski definition) is 4. The second-order valence-electron chi connectivity index (χ2n) is 7.78. The van der Waals surface area contributed by atoms with E-state index in [0.717, 1.165) is 30.5 Å². The zero-order chi connectivity index (χ0) is 22.7. The third-order valence-electron chi connectivity index (χ3n) is 5.78. The lowest BCUT2D eigenvalue weighted by molar-refractivity contribution is -0.141. The predicted octanol–water partition coefficient (Wildman–Crippen LogP) is 4.25. The van der Waals surface area contributed by atoms with Crippen molar-refractivity contribution in [3.63, 3.8) is 0 Å². The number of alkyl halides is 3. The maximum atomic E-state index is 13.6. The Hall–Kier alpha value is -3.17. The Balaban J connectivity index is 1.50. The molecule has 0 radical (unpaired) electrons. The Bertz CT molecular complexity index is 1120. The number of hydrogen-bond donors (Lipinski definition) is 2. The molecule has 0 unspecified atom stereocenters. The van der Waals surface area contributed by atoms with Gasteiger partial charge < -0.3 is 0 Å². The van der Waals surface area contributed by atoms with Crippen molar-refractivity contribution in [2.75, 3.05) is 13.1 Å². The zero-order valence-electron chi connectivity index (χ0n) is 17.2. The van der Waals surface area contributed by atoms with Gasteiger partial charge in [0.2, 0.25) is 0 Å². The first kappa shape index (κ1) is 22.0. The number of amides is 1. The van der Waals surface area contributed by atoms with Crippen LogP contribution in [-0.4, -0.2) is 38.7 Å². The fourth-order valence-corrected chi connectivity index (χ4v) is 4.29. The number of likely N-dealkylation sites (tertiary alicyclic amines) is 1. The molecule has 32 heavy (non-hydrogen) atoms. The first-order chi connectivity index (χ1) is 15.4. The second-order valence-corrected chi connectivity index (χ2v) is 7.78. The number of halogens is 3. The van der Waals surface area contributed by atoms with Crippen LogP contribution in [0.2, 0.25) is 0 Å². The minimum absolute atomic E-state index is 0.130. The molecule has 2 aromatic heterocycles. The van der Waals surface area contributed by atoms with Crippen LogP contribution in [0.15, 0.2) is 54.7 Å². The minimum atomic E-state index is -4.50. The smallest absolute Gasteiger partial charge is 0.296 e. The molecule has 168 valence electrons. The maximum Gasteiger partial charge on any atom is 0.435 e. The normalized spacial score (nSPS) is 17.4. The largest absolute Gasteiger partial charge is 0.435 e. The van der Waals surface area contributed by atoms with Crippen LogP contribution in [0, 0.1) is 0 Å². The monoisotopic (exact) mass is 444 g/mol. The SMILES string of the molecule is O=C(C=Cc1ccc([C@@H]2CCCN2CCc2c(C(F)(F)F)nn3ccccc23)cc1)NO. The zero-order valence-corrected chi connectivity index (χ0v) is 17.2. The summed E-state index contributed by atoms with van der Waals surface area (Å²) in [5.41, 5.74) is 3.33. The highest BCUT2D eigenvalue weighted by molar-refractivity contribution is 5.90. The maximum absolute atomic E-state index is 13.6. The summed E-state index contributed by atoms with van der Waals surface area (Å²) >= 11 is 0. The molecule has 3 heterocycles. The molecule has 1 aromatic carbocycles. The van der Waals surface area contributed by atoms with E-state index in [1.807, 2.05) is 24.3 Å². The highest BCUT2D eigenvalue weighted by Gasteiger charge is 2.38. The van der Waals surface area contributed by atoms with Crippen LogP contribution in [0.25, 0.3) is 11.6 Å². The minimum Gasteiger partial charge on any atom is -0.296 e. The number of carbonyl (C=O) groups is 1. The van der Waals surface area contributed by atoms with E-state index >= 15 is 0 Å². The molecule has 6 nitrogen and oxygen atoms in total. The van der Waals surface area contributed by atoms with Gasteiger partial charge in [-0.2, -0.15) is 18.3 Å². The topological polar surface area (TPSA) is 69.9 Å². The molecule has 3 aromatic rings. The first-order valence-electron chi connectivity index (χ1n) is 10.4. The average molecular weight is 444 g/mol. The van der Waals surface area contributed by atoms with Crippen LogP contribution >= 0.6 is 0 Å². The van der Waals surface area contributed by atoms with Gasteiger partial charge in [-0.25, -0.2) is 10.00 Å². The Kier molecular flexibility index (Phi) is 6.29. The summed E-state index contributed by atoms with van der Waals surface area (Å²) in [6, 6.07) is 12.9. The number of nitrogens with zero attached hydrogens (tertiary/aromatic N) is 3. The highest BCUT2D eigenvalue weighted by atomic mass is 19.4. The predicted molar refractivity (Wildman–Crippen MR) is 113 cm³/mol. The van der Waals surface area contributed by atoms with Gasteiger partial charge in [0.1, 0.15) is 0 Å². The summed E-state index contributed by atoms with van der Waals surface area (Å²) < 4.78 is 42.0. The van der Waals surface area contributed by atoms with Gasteiger partial charge in [0, 0.05) is 30.4 Å². The van der Waals surface area contributed by atoms with Crippen molar-refractivity contribution in [3.05, 3.63) is 77.1 Å². The molecule has 1 atom stereocenters. The van der Waals surface area contributed by atoms with Crippen LogP contribution in [0.4, 0.5) is 13.2 Å². The fourth-order valence-electron chi connectivity index (χ4n) is 4.29. The van der Waals surface area contributed by atoms with Gasteiger partial charge >= 0.3 is 6.18 Å². The highest BCUT2D eigenvalue weighted by Crippen LogP contribution is 2.35. The fraction of sp³-hybridized carbons (Fsp3) is 0.304. The van der Waals surface area contributed by atoms with Gasteiger partial charge in [-0.1, -0.05) is 30.3 Å². The van der Waals surface area contributed by atoms with Crippen LogP contribution in [0.3, 0.4) is 0 Å². The van der Waals surface area contributed by atoms with E-state index < -0.39 is 17.8 Å². The quantitative estimate of drug-likeness (QED) is 0.339. The summed E-state index contributed by atoms with van der Waals surface area (Å²) in [6.07, 6.45) is 2.02. The van der Waals surface area contributed by atoms with E-state index in [9.17, 15) is 18.0 Å². The third-order valence-corrected chi connectivity index (χ3v) is 5.78. The van der Waals surface area contributed by atoms with E-state index in [1.165, 1.54) is 22.3 Å². The Morgan fingerprint density at radius 3 is 2.72 bits per heavy atom. The number of hydroxylamine groups is 1. The molecule has 0 aliphatic carbocycles. The lowest BCUT2D eigenvalue weighted by Crippen LogP contribution is -2.26. The molecule has 2 N–H and O–H groups in total. The number of carbonyl (C=O) groups excluding carboxylic acids is 1. The lowest BCUT2D eigenvalue weighted by atomic mass is 10.0. The summed E-state index contributed by atoms with van der Waals surface area (Å²) in [5, 5.41) is 12.3. The van der Waals surface area contributed by atoms with Gasteiger partial charge in [0.15, 0.2) is 5.69 Å². The Morgan fingerprint density at radius 1 is 1.22 bits per heavy atom. The third kappa shape index (κ3) is 4.68. The van der Waals surface area contributed by atoms with E-state index in [4.69, 9.17) is 5.21 Å². The van der Waals surface area contributed by atoms with Gasteiger partial charge in [-0.3, -0.25) is 14.9 Å². The van der Waals surface area contributed by atoms with Crippen LogP contribution in [0.1, 0.15) is 41.3 Å². The molecule has 4 rings (SSSR count). The van der Waals surface area contributed by atoms with Crippen molar-refractivity contribution in [3.8, 4) is 0 Å². The lowest BCUT2D eigenvalue weighted by Gasteiger charge is -2.25. The Labute approximate surface area is 182 Å². The van der Waals surface area contributed by atoms with E-state index in [2.05, 4.69) is 10.00 Å². The van der Waals surface area contributed by atoms with Crippen molar-refractivity contribution in [2.24, 2.45) is 0 Å². The average Bonchev–Trinajstić information content (AvgIpc) is 3.40. The van der Waals surface area contributed by atoms with Crippen LogP contribution in [0.5, 0.6) is 0 Å². The standard InChI is InChI=1S/C23H23F3N4O2/c24-23(25,26)22-18(20-4-1-2-14-30(20)27-22)12-15-29-13-3-5-19(29)17-9-6-16(7-10-17)8-11-21(31)28-32/h1-2,4,6-11,14,19,32H,3,5,12-13,15H2,(H,28,31)/t19-/m0/s1.